The molecule has 0 amide bonds. The van der Waals surface area contributed by atoms with Crippen molar-refractivity contribution in [3.8, 4) is 5.75 Å². The molecule has 1 fully saturated rings. The molecule has 2 aliphatic rings. The summed E-state index contributed by atoms with van der Waals surface area (Å²) >= 11 is 0. The molecule has 0 saturated heterocycles. The fraction of sp³-hybridized carbons (Fsp3) is 0.462. The van der Waals surface area contributed by atoms with Gasteiger partial charge in [0.15, 0.2) is 0 Å². The molecular weight excluding hydrogens is 204 g/mol. The topological polar surface area (TPSA) is 35.5 Å². The molecule has 1 heterocycles. The van der Waals surface area contributed by atoms with Gasteiger partial charge < -0.3 is 9.47 Å². The molecule has 3 heteroatoms. The van der Waals surface area contributed by atoms with Crippen molar-refractivity contribution in [2.24, 2.45) is 5.92 Å². The number of methoxy groups -OCH3 is 1. The maximum absolute atomic E-state index is 11.4. The Kier molecular flexibility index (Phi) is 2.13. The molecule has 1 aliphatic carbocycles. The minimum atomic E-state index is -0.0819. The predicted molar refractivity (Wildman–Crippen MR) is 58.5 cm³/mol. The Morgan fingerprint density at radius 2 is 2.38 bits per heavy atom. The van der Waals surface area contributed by atoms with Crippen molar-refractivity contribution in [3.63, 3.8) is 0 Å². The molecular formula is C13H14O3. The normalized spacial score (nSPS) is 25.8. The van der Waals surface area contributed by atoms with E-state index in [1.54, 1.807) is 0 Å². The largest absolute Gasteiger partial charge is 0.493 e. The van der Waals surface area contributed by atoms with Crippen LogP contribution in [0, 0.1) is 5.92 Å². The average Bonchev–Trinajstić information content (AvgIpc) is 2.96. The van der Waals surface area contributed by atoms with Crippen LogP contribution in [0.25, 0.3) is 0 Å². The second kappa shape index (κ2) is 3.51. The lowest BCUT2D eigenvalue weighted by Gasteiger charge is -2.05. The van der Waals surface area contributed by atoms with E-state index in [4.69, 9.17) is 9.47 Å². The number of hydrogen-bond acceptors (Lipinski definition) is 3. The van der Waals surface area contributed by atoms with Crippen molar-refractivity contribution >= 4 is 5.97 Å². The first-order valence-corrected chi connectivity index (χ1v) is 5.63. The molecule has 3 rings (SSSR count). The third kappa shape index (κ3) is 1.39. The van der Waals surface area contributed by atoms with Crippen LogP contribution in [-0.4, -0.2) is 19.7 Å². The van der Waals surface area contributed by atoms with Gasteiger partial charge >= 0.3 is 5.97 Å². The van der Waals surface area contributed by atoms with E-state index in [-0.39, 0.29) is 11.9 Å². The summed E-state index contributed by atoms with van der Waals surface area (Å²) in [6.45, 7) is 0.766. The lowest BCUT2D eigenvalue weighted by molar-refractivity contribution is -0.142. The van der Waals surface area contributed by atoms with Crippen molar-refractivity contribution in [3.05, 3.63) is 29.3 Å². The molecule has 0 radical (unpaired) electrons. The number of benzene rings is 1. The predicted octanol–water partition coefficient (Wildman–Crippen LogP) is 1.90. The summed E-state index contributed by atoms with van der Waals surface area (Å²) in [5.41, 5.74) is 2.57. The standard InChI is InChI=1S/C13H14O3/c1-15-13(14)11-7-10(11)8-3-2-4-12-9(8)5-6-16-12/h2-4,10-11H,5-7H2,1H3/t10-,11+/m0/s1. The van der Waals surface area contributed by atoms with E-state index in [0.717, 1.165) is 25.2 Å². The summed E-state index contributed by atoms with van der Waals surface area (Å²) in [7, 11) is 1.45. The molecule has 0 bridgehead atoms. The molecule has 84 valence electrons. The Bertz CT molecular complexity index is 439. The summed E-state index contributed by atoms with van der Waals surface area (Å²) in [5, 5.41) is 0. The van der Waals surface area contributed by atoms with Crippen LogP contribution >= 0.6 is 0 Å². The SMILES string of the molecule is COC(=O)[C@@H]1C[C@H]1c1cccc2c1CCO2. The number of hydrogen-bond donors (Lipinski definition) is 0. The van der Waals surface area contributed by atoms with Gasteiger partial charge in [0.2, 0.25) is 0 Å². The number of carbonyl (C=O) groups is 1. The molecule has 1 aromatic rings. The van der Waals surface area contributed by atoms with Gasteiger partial charge in [-0.15, -0.1) is 0 Å². The summed E-state index contributed by atoms with van der Waals surface area (Å²) in [6.07, 6.45) is 1.89. The van der Waals surface area contributed by atoms with E-state index in [1.165, 1.54) is 18.2 Å². The van der Waals surface area contributed by atoms with Gasteiger partial charge in [-0.2, -0.15) is 0 Å². The van der Waals surface area contributed by atoms with E-state index >= 15 is 0 Å². The smallest absolute Gasteiger partial charge is 0.309 e. The number of rotatable bonds is 2. The van der Waals surface area contributed by atoms with Crippen molar-refractivity contribution < 1.29 is 14.3 Å². The Morgan fingerprint density at radius 3 is 3.19 bits per heavy atom. The zero-order chi connectivity index (χ0) is 11.1. The molecule has 2 atom stereocenters. The van der Waals surface area contributed by atoms with Crippen molar-refractivity contribution in [2.75, 3.05) is 13.7 Å². The molecule has 0 aromatic heterocycles. The van der Waals surface area contributed by atoms with Crippen LogP contribution in [-0.2, 0) is 16.0 Å². The maximum Gasteiger partial charge on any atom is 0.309 e. The van der Waals surface area contributed by atoms with Gasteiger partial charge in [0.05, 0.1) is 19.6 Å². The Morgan fingerprint density at radius 1 is 1.50 bits per heavy atom. The third-order valence-electron chi connectivity index (χ3n) is 3.47. The highest BCUT2D eigenvalue weighted by Crippen LogP contribution is 2.51. The molecule has 0 spiro atoms. The van der Waals surface area contributed by atoms with E-state index < -0.39 is 0 Å². The zero-order valence-corrected chi connectivity index (χ0v) is 9.23. The van der Waals surface area contributed by atoms with Crippen molar-refractivity contribution in [1.82, 2.24) is 0 Å². The summed E-state index contributed by atoms with van der Waals surface area (Å²) < 4.78 is 10.3. The van der Waals surface area contributed by atoms with Crippen LogP contribution in [0.2, 0.25) is 0 Å². The van der Waals surface area contributed by atoms with E-state index in [2.05, 4.69) is 6.07 Å². The van der Waals surface area contributed by atoms with E-state index in [0.29, 0.717) is 5.92 Å². The monoisotopic (exact) mass is 218 g/mol. The van der Waals surface area contributed by atoms with Crippen LogP contribution < -0.4 is 4.74 Å². The van der Waals surface area contributed by atoms with E-state index in [9.17, 15) is 4.79 Å². The van der Waals surface area contributed by atoms with Crippen molar-refractivity contribution in [2.45, 2.75) is 18.8 Å². The Hall–Kier alpha value is -1.51. The Labute approximate surface area is 94.4 Å². The van der Waals surface area contributed by atoms with Gasteiger partial charge in [0.1, 0.15) is 5.75 Å². The Balaban J connectivity index is 1.87. The molecule has 3 nitrogen and oxygen atoms in total. The van der Waals surface area contributed by atoms with Gasteiger partial charge in [0.25, 0.3) is 0 Å². The van der Waals surface area contributed by atoms with Gasteiger partial charge in [-0.3, -0.25) is 4.79 Å². The number of ether oxygens (including phenoxy) is 2. The first kappa shape index (κ1) is 9.70. The van der Waals surface area contributed by atoms with Crippen LogP contribution in [0.4, 0.5) is 0 Å². The highest BCUT2D eigenvalue weighted by Gasteiger charge is 2.46. The fourth-order valence-corrected chi connectivity index (χ4v) is 2.55. The maximum atomic E-state index is 11.4. The van der Waals surface area contributed by atoms with Gasteiger partial charge in [-0.05, 0) is 24.0 Å². The van der Waals surface area contributed by atoms with Gasteiger partial charge in [0, 0.05) is 12.0 Å². The van der Waals surface area contributed by atoms with E-state index in [1.807, 2.05) is 12.1 Å². The summed E-state index contributed by atoms with van der Waals surface area (Å²) in [6, 6.07) is 6.12. The molecule has 16 heavy (non-hydrogen) atoms. The van der Waals surface area contributed by atoms with Crippen LogP contribution in [0.3, 0.4) is 0 Å². The number of fused-ring (bicyclic) bond motifs is 1. The summed E-state index contributed by atoms with van der Waals surface area (Å²) in [5.74, 6) is 1.33. The first-order valence-electron chi connectivity index (χ1n) is 5.63. The van der Waals surface area contributed by atoms with Crippen molar-refractivity contribution in [1.29, 1.82) is 0 Å². The number of carbonyl (C=O) groups excluding carboxylic acids is 1. The average molecular weight is 218 g/mol. The fourth-order valence-electron chi connectivity index (χ4n) is 2.55. The quantitative estimate of drug-likeness (QED) is 0.711. The van der Waals surface area contributed by atoms with Crippen LogP contribution in [0.5, 0.6) is 5.75 Å². The lowest BCUT2D eigenvalue weighted by Crippen LogP contribution is -2.04. The highest BCUT2D eigenvalue weighted by atomic mass is 16.5. The van der Waals surface area contributed by atoms with Gasteiger partial charge in [-0.25, -0.2) is 0 Å². The molecule has 0 N–H and O–H groups in total. The lowest BCUT2D eigenvalue weighted by atomic mass is 10.00. The minimum absolute atomic E-state index is 0.0668. The minimum Gasteiger partial charge on any atom is -0.493 e. The highest BCUT2D eigenvalue weighted by molar-refractivity contribution is 5.77. The first-order chi connectivity index (χ1) is 7.81. The van der Waals surface area contributed by atoms with Crippen LogP contribution in [0.15, 0.2) is 18.2 Å². The zero-order valence-electron chi connectivity index (χ0n) is 9.23. The molecule has 1 aromatic carbocycles. The van der Waals surface area contributed by atoms with Gasteiger partial charge in [-0.1, -0.05) is 12.1 Å². The second-order valence-corrected chi connectivity index (χ2v) is 4.39. The molecule has 0 unspecified atom stereocenters. The molecule has 1 aliphatic heterocycles. The number of esters is 1. The summed E-state index contributed by atoms with van der Waals surface area (Å²) in [4.78, 5) is 11.4. The molecule has 1 saturated carbocycles. The van der Waals surface area contributed by atoms with Crippen LogP contribution in [0.1, 0.15) is 23.5 Å². The second-order valence-electron chi connectivity index (χ2n) is 4.39. The third-order valence-corrected chi connectivity index (χ3v) is 3.47.